The Morgan fingerprint density at radius 3 is 2.70 bits per heavy atom. The molecule has 0 fully saturated rings. The van der Waals surface area contributed by atoms with Crippen LogP contribution in [0.1, 0.15) is 22.8 Å². The van der Waals surface area contributed by atoms with Crippen molar-refractivity contribution in [1.82, 2.24) is 4.98 Å². The minimum atomic E-state index is -0.885. The van der Waals surface area contributed by atoms with Gasteiger partial charge >= 0.3 is 0 Å². The van der Waals surface area contributed by atoms with E-state index in [0.717, 1.165) is 10.8 Å². The quantitative estimate of drug-likeness (QED) is 0.766. The van der Waals surface area contributed by atoms with Gasteiger partial charge in [0.1, 0.15) is 11.9 Å². The monoisotopic (exact) mass is 267 g/mol. The second-order valence-electron chi connectivity index (χ2n) is 4.86. The van der Waals surface area contributed by atoms with Gasteiger partial charge in [0, 0.05) is 23.3 Å². The highest BCUT2D eigenvalue weighted by molar-refractivity contribution is 5.85. The molecule has 2 nitrogen and oxygen atoms in total. The molecule has 1 heterocycles. The highest BCUT2D eigenvalue weighted by atomic mass is 19.1. The summed E-state index contributed by atoms with van der Waals surface area (Å²) in [5, 5.41) is 12.4. The molecule has 0 amide bonds. The second kappa shape index (κ2) is 5.02. The van der Waals surface area contributed by atoms with E-state index in [9.17, 15) is 9.50 Å². The van der Waals surface area contributed by atoms with Crippen molar-refractivity contribution in [2.75, 3.05) is 0 Å². The van der Waals surface area contributed by atoms with Gasteiger partial charge in [-0.1, -0.05) is 36.4 Å². The lowest BCUT2D eigenvalue weighted by Crippen LogP contribution is -2.02. The lowest BCUT2D eigenvalue weighted by Gasteiger charge is -2.14. The summed E-state index contributed by atoms with van der Waals surface area (Å²) in [7, 11) is 0. The van der Waals surface area contributed by atoms with Crippen LogP contribution in [0.2, 0.25) is 0 Å². The number of nitrogens with zero attached hydrogens (tertiary/aromatic N) is 1. The first-order valence-electron chi connectivity index (χ1n) is 6.43. The van der Waals surface area contributed by atoms with Gasteiger partial charge in [-0.3, -0.25) is 4.98 Å². The summed E-state index contributed by atoms with van der Waals surface area (Å²) in [4.78, 5) is 4.15. The normalized spacial score (nSPS) is 12.6. The van der Waals surface area contributed by atoms with Gasteiger partial charge in [-0.25, -0.2) is 4.39 Å². The number of aliphatic hydroxyl groups excluding tert-OH is 1. The van der Waals surface area contributed by atoms with E-state index >= 15 is 0 Å². The third-order valence-electron chi connectivity index (χ3n) is 3.51. The number of aromatic nitrogens is 1. The van der Waals surface area contributed by atoms with E-state index in [1.807, 2.05) is 24.3 Å². The van der Waals surface area contributed by atoms with Gasteiger partial charge in [-0.2, -0.15) is 0 Å². The fourth-order valence-electron chi connectivity index (χ4n) is 2.32. The van der Waals surface area contributed by atoms with Gasteiger partial charge in [-0.15, -0.1) is 0 Å². The van der Waals surface area contributed by atoms with Crippen molar-refractivity contribution in [3.63, 3.8) is 0 Å². The van der Waals surface area contributed by atoms with E-state index in [4.69, 9.17) is 0 Å². The summed E-state index contributed by atoms with van der Waals surface area (Å²) in [5.74, 6) is -0.310. The molecule has 3 rings (SSSR count). The van der Waals surface area contributed by atoms with E-state index in [1.165, 1.54) is 6.07 Å². The van der Waals surface area contributed by atoms with Crippen molar-refractivity contribution in [1.29, 1.82) is 0 Å². The molecule has 0 bridgehead atoms. The third kappa shape index (κ3) is 2.17. The molecule has 100 valence electrons. The Morgan fingerprint density at radius 1 is 1.10 bits per heavy atom. The third-order valence-corrected chi connectivity index (χ3v) is 3.51. The van der Waals surface area contributed by atoms with Crippen molar-refractivity contribution in [2.45, 2.75) is 13.0 Å². The van der Waals surface area contributed by atoms with E-state index in [-0.39, 0.29) is 5.82 Å². The van der Waals surface area contributed by atoms with Gasteiger partial charge in [0.05, 0.1) is 0 Å². The standard InChI is InChI=1S/C17H14FNO/c1-11-6-7-12(8-16(11)18)17(20)15-10-19-9-13-4-2-3-5-14(13)15/h2-10,17,20H,1H3. The Balaban J connectivity index is 2.12. The maximum absolute atomic E-state index is 13.6. The van der Waals surface area contributed by atoms with Crippen LogP contribution in [0.5, 0.6) is 0 Å². The van der Waals surface area contributed by atoms with Gasteiger partial charge in [-0.05, 0) is 29.5 Å². The Bertz CT molecular complexity index is 765. The first-order chi connectivity index (χ1) is 9.66. The summed E-state index contributed by atoms with van der Waals surface area (Å²) < 4.78 is 13.6. The molecule has 0 saturated carbocycles. The number of aryl methyl sites for hydroxylation is 1. The van der Waals surface area contributed by atoms with Gasteiger partial charge < -0.3 is 5.11 Å². The molecular formula is C17H14FNO. The average molecular weight is 267 g/mol. The van der Waals surface area contributed by atoms with Gasteiger partial charge in [0.2, 0.25) is 0 Å². The van der Waals surface area contributed by atoms with Crippen LogP contribution in [0, 0.1) is 12.7 Å². The SMILES string of the molecule is Cc1ccc(C(O)c2cncc3ccccc23)cc1F. The van der Waals surface area contributed by atoms with E-state index in [0.29, 0.717) is 16.7 Å². The Labute approximate surface area is 116 Å². The van der Waals surface area contributed by atoms with E-state index < -0.39 is 6.10 Å². The van der Waals surface area contributed by atoms with Crippen molar-refractivity contribution < 1.29 is 9.50 Å². The molecule has 0 aliphatic carbocycles. The van der Waals surface area contributed by atoms with E-state index in [2.05, 4.69) is 4.98 Å². The molecule has 1 unspecified atom stereocenters. The molecule has 0 saturated heterocycles. The number of benzene rings is 2. The number of pyridine rings is 1. The molecule has 0 aliphatic rings. The lowest BCUT2D eigenvalue weighted by molar-refractivity contribution is 0.221. The molecule has 0 spiro atoms. The molecule has 3 aromatic rings. The molecule has 3 heteroatoms. The highest BCUT2D eigenvalue weighted by Gasteiger charge is 2.15. The predicted molar refractivity (Wildman–Crippen MR) is 76.9 cm³/mol. The van der Waals surface area contributed by atoms with Crippen molar-refractivity contribution in [2.24, 2.45) is 0 Å². The van der Waals surface area contributed by atoms with Crippen LogP contribution in [0.15, 0.2) is 54.9 Å². The summed E-state index contributed by atoms with van der Waals surface area (Å²) in [6.07, 6.45) is 2.50. The maximum Gasteiger partial charge on any atom is 0.126 e. The molecule has 0 radical (unpaired) electrons. The zero-order chi connectivity index (χ0) is 14.1. The zero-order valence-corrected chi connectivity index (χ0v) is 11.0. The lowest BCUT2D eigenvalue weighted by atomic mass is 9.97. The van der Waals surface area contributed by atoms with Crippen LogP contribution in [-0.4, -0.2) is 10.1 Å². The highest BCUT2D eigenvalue weighted by Crippen LogP contribution is 2.28. The minimum Gasteiger partial charge on any atom is -0.384 e. The van der Waals surface area contributed by atoms with Gasteiger partial charge in [0.15, 0.2) is 0 Å². The van der Waals surface area contributed by atoms with Crippen LogP contribution in [0.3, 0.4) is 0 Å². The van der Waals surface area contributed by atoms with E-state index in [1.54, 1.807) is 31.5 Å². The molecular weight excluding hydrogens is 253 g/mol. The molecule has 1 aromatic heterocycles. The number of hydrogen-bond acceptors (Lipinski definition) is 2. The Morgan fingerprint density at radius 2 is 1.90 bits per heavy atom. The van der Waals surface area contributed by atoms with Crippen LogP contribution in [-0.2, 0) is 0 Å². The van der Waals surface area contributed by atoms with Crippen LogP contribution >= 0.6 is 0 Å². The van der Waals surface area contributed by atoms with Crippen LogP contribution < -0.4 is 0 Å². The van der Waals surface area contributed by atoms with Crippen molar-refractivity contribution in [3.8, 4) is 0 Å². The Hall–Kier alpha value is -2.26. The van der Waals surface area contributed by atoms with Crippen LogP contribution in [0.4, 0.5) is 4.39 Å². The minimum absolute atomic E-state index is 0.310. The topological polar surface area (TPSA) is 33.1 Å². The summed E-state index contributed by atoms with van der Waals surface area (Å²) in [5.41, 5.74) is 1.79. The first kappa shape index (κ1) is 12.8. The largest absolute Gasteiger partial charge is 0.384 e. The van der Waals surface area contributed by atoms with Crippen LogP contribution in [0.25, 0.3) is 10.8 Å². The predicted octanol–water partition coefficient (Wildman–Crippen LogP) is 3.76. The fourth-order valence-corrected chi connectivity index (χ4v) is 2.32. The first-order valence-corrected chi connectivity index (χ1v) is 6.43. The number of halogens is 1. The number of fused-ring (bicyclic) bond motifs is 1. The zero-order valence-electron chi connectivity index (χ0n) is 11.0. The fraction of sp³-hybridized carbons (Fsp3) is 0.118. The second-order valence-corrected chi connectivity index (χ2v) is 4.86. The average Bonchev–Trinajstić information content (AvgIpc) is 2.49. The summed E-state index contributed by atoms with van der Waals surface area (Å²) in [6, 6.07) is 12.5. The maximum atomic E-state index is 13.6. The van der Waals surface area contributed by atoms with Crippen molar-refractivity contribution >= 4 is 10.8 Å². The summed E-state index contributed by atoms with van der Waals surface area (Å²) >= 11 is 0. The smallest absolute Gasteiger partial charge is 0.126 e. The number of hydrogen-bond donors (Lipinski definition) is 1. The molecule has 1 atom stereocenters. The van der Waals surface area contributed by atoms with Crippen molar-refractivity contribution in [3.05, 3.63) is 77.4 Å². The molecule has 20 heavy (non-hydrogen) atoms. The molecule has 0 aliphatic heterocycles. The molecule has 1 N–H and O–H groups in total. The number of aliphatic hydroxyl groups is 1. The van der Waals surface area contributed by atoms with Gasteiger partial charge in [0.25, 0.3) is 0 Å². The summed E-state index contributed by atoms with van der Waals surface area (Å²) in [6.45, 7) is 1.70. The Kier molecular flexibility index (Phi) is 3.20. The number of rotatable bonds is 2. The molecule has 2 aromatic carbocycles.